The molecule has 0 spiro atoms. The third-order valence-corrected chi connectivity index (χ3v) is 1.59. The third kappa shape index (κ3) is 1.26. The van der Waals surface area contributed by atoms with Crippen LogP contribution in [0.4, 0.5) is 0 Å². The minimum Gasteiger partial charge on any atom is -0.480 e. The summed E-state index contributed by atoms with van der Waals surface area (Å²) in [6, 6.07) is -0.676. The van der Waals surface area contributed by atoms with E-state index in [4.69, 9.17) is 10.4 Å². The van der Waals surface area contributed by atoms with Gasteiger partial charge in [0.25, 0.3) is 0 Å². The molecule has 10 heavy (non-hydrogen) atoms. The van der Waals surface area contributed by atoms with E-state index in [0.717, 1.165) is 11.5 Å². The van der Waals surface area contributed by atoms with Gasteiger partial charge in [0.2, 0.25) is 0 Å². The second-order valence-corrected chi connectivity index (χ2v) is 2.22. The van der Waals surface area contributed by atoms with Crippen LogP contribution in [0, 0.1) is 0 Å². The molecule has 0 amide bonds. The van der Waals surface area contributed by atoms with Gasteiger partial charge in [0.05, 0.1) is 0 Å². The fourth-order valence-electron chi connectivity index (χ4n) is 1.08. The minimum absolute atomic E-state index is 0.480. The lowest BCUT2D eigenvalue weighted by atomic mass is 10.2. The van der Waals surface area contributed by atoms with Gasteiger partial charge in [-0.3, -0.25) is 4.79 Å². The number of hydroxylamine groups is 2. The Kier molecular flexibility index (Phi) is 2.21. The SMILES string of the molecule is O=C(O)C1CCCN1OO. The largest absolute Gasteiger partial charge is 0.480 e. The second kappa shape index (κ2) is 2.96. The summed E-state index contributed by atoms with van der Waals surface area (Å²) in [4.78, 5) is 14.2. The molecule has 2 N–H and O–H groups in total. The van der Waals surface area contributed by atoms with Crippen molar-refractivity contribution in [3.8, 4) is 0 Å². The number of nitrogens with zero attached hydrogens (tertiary/aromatic N) is 1. The summed E-state index contributed by atoms with van der Waals surface area (Å²) in [6.45, 7) is 0.480. The van der Waals surface area contributed by atoms with Crippen LogP contribution in [0.3, 0.4) is 0 Å². The van der Waals surface area contributed by atoms with Crippen LogP contribution in [0.1, 0.15) is 12.8 Å². The van der Waals surface area contributed by atoms with Crippen molar-refractivity contribution in [2.24, 2.45) is 0 Å². The van der Waals surface area contributed by atoms with Gasteiger partial charge in [0.1, 0.15) is 6.04 Å². The van der Waals surface area contributed by atoms with Gasteiger partial charge in [-0.25, -0.2) is 5.26 Å². The highest BCUT2D eigenvalue weighted by Crippen LogP contribution is 2.16. The zero-order chi connectivity index (χ0) is 7.56. The maximum Gasteiger partial charge on any atom is 0.323 e. The molecule has 1 aliphatic rings. The van der Waals surface area contributed by atoms with Crippen molar-refractivity contribution in [3.05, 3.63) is 0 Å². The maximum absolute atomic E-state index is 10.3. The lowest BCUT2D eigenvalue weighted by Crippen LogP contribution is -2.34. The Labute approximate surface area is 57.7 Å². The first kappa shape index (κ1) is 7.46. The zero-order valence-corrected chi connectivity index (χ0v) is 5.36. The Morgan fingerprint density at radius 2 is 2.40 bits per heavy atom. The van der Waals surface area contributed by atoms with Gasteiger partial charge < -0.3 is 5.11 Å². The molecule has 1 aliphatic heterocycles. The molecule has 0 radical (unpaired) electrons. The molecule has 1 rings (SSSR count). The molecule has 5 nitrogen and oxygen atoms in total. The molecule has 0 aromatic carbocycles. The Morgan fingerprint density at radius 1 is 1.70 bits per heavy atom. The second-order valence-electron chi connectivity index (χ2n) is 2.22. The van der Waals surface area contributed by atoms with E-state index in [-0.39, 0.29) is 0 Å². The summed E-state index contributed by atoms with van der Waals surface area (Å²) < 4.78 is 0. The molecule has 0 bridgehead atoms. The number of carboxylic acids is 1. The Balaban J connectivity index is 2.50. The molecular weight excluding hydrogens is 138 g/mol. The molecular formula is C5H9NO4. The monoisotopic (exact) mass is 147 g/mol. The average molecular weight is 147 g/mol. The fraction of sp³-hybridized carbons (Fsp3) is 0.800. The normalized spacial score (nSPS) is 27.1. The molecule has 1 unspecified atom stereocenters. The van der Waals surface area contributed by atoms with E-state index in [1.165, 1.54) is 0 Å². The first-order valence-corrected chi connectivity index (χ1v) is 3.06. The predicted molar refractivity (Wildman–Crippen MR) is 31.1 cm³/mol. The number of rotatable bonds is 2. The maximum atomic E-state index is 10.3. The van der Waals surface area contributed by atoms with Crippen LogP contribution in [-0.2, 0) is 9.78 Å². The number of carbonyl (C=O) groups is 1. The van der Waals surface area contributed by atoms with Crippen LogP contribution in [0.25, 0.3) is 0 Å². The van der Waals surface area contributed by atoms with Crippen molar-refractivity contribution in [2.75, 3.05) is 6.54 Å². The van der Waals surface area contributed by atoms with Gasteiger partial charge in [0.15, 0.2) is 0 Å². The highest BCUT2D eigenvalue weighted by Gasteiger charge is 2.31. The van der Waals surface area contributed by atoms with Gasteiger partial charge in [-0.1, -0.05) is 0 Å². The highest BCUT2D eigenvalue weighted by atomic mass is 17.2. The molecule has 58 valence electrons. The van der Waals surface area contributed by atoms with Crippen LogP contribution >= 0.6 is 0 Å². The van der Waals surface area contributed by atoms with Gasteiger partial charge in [-0.15, -0.1) is 10.1 Å². The van der Waals surface area contributed by atoms with Crippen LogP contribution in [0.15, 0.2) is 0 Å². The summed E-state index contributed by atoms with van der Waals surface area (Å²) in [6.07, 6.45) is 1.29. The van der Waals surface area contributed by atoms with Crippen LogP contribution in [0.5, 0.6) is 0 Å². The van der Waals surface area contributed by atoms with E-state index in [9.17, 15) is 4.79 Å². The molecule has 1 saturated heterocycles. The zero-order valence-electron chi connectivity index (χ0n) is 5.36. The standard InChI is InChI=1S/C5H9NO4/c7-5(8)4-2-1-3-6(4)10-9/h4,9H,1-3H2,(H,7,8). The van der Waals surface area contributed by atoms with Gasteiger partial charge in [-0.05, 0) is 12.8 Å². The minimum atomic E-state index is -0.952. The van der Waals surface area contributed by atoms with Crippen LogP contribution < -0.4 is 0 Å². The quantitative estimate of drug-likeness (QED) is 0.423. The van der Waals surface area contributed by atoms with E-state index in [0.29, 0.717) is 13.0 Å². The first-order chi connectivity index (χ1) is 4.75. The van der Waals surface area contributed by atoms with Crippen molar-refractivity contribution in [2.45, 2.75) is 18.9 Å². The van der Waals surface area contributed by atoms with Crippen molar-refractivity contribution in [3.63, 3.8) is 0 Å². The Morgan fingerprint density at radius 3 is 2.80 bits per heavy atom. The van der Waals surface area contributed by atoms with Gasteiger partial charge in [0, 0.05) is 6.54 Å². The third-order valence-electron chi connectivity index (χ3n) is 1.59. The number of carboxylic acid groups (broad SMARTS) is 1. The highest BCUT2D eigenvalue weighted by molar-refractivity contribution is 5.73. The smallest absolute Gasteiger partial charge is 0.323 e. The fourth-order valence-corrected chi connectivity index (χ4v) is 1.08. The first-order valence-electron chi connectivity index (χ1n) is 3.06. The molecule has 0 aromatic heterocycles. The topological polar surface area (TPSA) is 70.0 Å². The molecule has 0 saturated carbocycles. The molecule has 0 aromatic rings. The summed E-state index contributed by atoms with van der Waals surface area (Å²) in [5.74, 6) is -0.952. The van der Waals surface area contributed by atoms with E-state index in [2.05, 4.69) is 4.99 Å². The Hall–Kier alpha value is -0.650. The number of aliphatic carboxylic acids is 1. The van der Waals surface area contributed by atoms with Gasteiger partial charge >= 0.3 is 5.97 Å². The van der Waals surface area contributed by atoms with E-state index in [1.54, 1.807) is 0 Å². The van der Waals surface area contributed by atoms with Gasteiger partial charge in [-0.2, -0.15) is 0 Å². The number of hydrogen-bond donors (Lipinski definition) is 2. The Bertz CT molecular complexity index is 138. The summed E-state index contributed by atoms with van der Waals surface area (Å²) in [5, 5.41) is 17.7. The predicted octanol–water partition coefficient (Wildman–Crippen LogP) is -0.0600. The van der Waals surface area contributed by atoms with Crippen LogP contribution in [0.2, 0.25) is 0 Å². The summed E-state index contributed by atoms with van der Waals surface area (Å²) in [7, 11) is 0. The lowest BCUT2D eigenvalue weighted by molar-refractivity contribution is -0.398. The van der Waals surface area contributed by atoms with Crippen molar-refractivity contribution >= 4 is 5.97 Å². The average Bonchev–Trinajstić information content (AvgIpc) is 2.33. The molecule has 1 heterocycles. The summed E-state index contributed by atoms with van der Waals surface area (Å²) in [5.41, 5.74) is 0. The lowest BCUT2D eigenvalue weighted by Gasteiger charge is -2.14. The molecule has 1 atom stereocenters. The molecule has 5 heteroatoms. The van der Waals surface area contributed by atoms with Crippen molar-refractivity contribution in [1.82, 2.24) is 5.06 Å². The van der Waals surface area contributed by atoms with E-state index in [1.807, 2.05) is 0 Å². The summed E-state index contributed by atoms with van der Waals surface area (Å²) >= 11 is 0. The van der Waals surface area contributed by atoms with Crippen molar-refractivity contribution in [1.29, 1.82) is 0 Å². The van der Waals surface area contributed by atoms with E-state index >= 15 is 0 Å². The van der Waals surface area contributed by atoms with E-state index < -0.39 is 12.0 Å². The van der Waals surface area contributed by atoms with Crippen molar-refractivity contribution < 1.29 is 20.1 Å². The molecule has 1 fully saturated rings. The van der Waals surface area contributed by atoms with Crippen LogP contribution in [-0.4, -0.2) is 34.0 Å². The molecule has 0 aliphatic carbocycles. The number of hydrogen-bond acceptors (Lipinski definition) is 4.